The molecular formula is C7H10N2O4S2. The Balaban J connectivity index is 3.01. The Kier molecular flexibility index (Phi) is 3.42. The molecule has 0 aromatic carbocycles. The van der Waals surface area contributed by atoms with Crippen LogP contribution in [-0.2, 0) is 14.8 Å². The Bertz CT molecular complexity index is 463. The smallest absolute Gasteiger partial charge is 0.291 e. The maximum atomic E-state index is 11.4. The molecule has 2 N–H and O–H groups in total. The summed E-state index contributed by atoms with van der Waals surface area (Å²) < 4.78 is 24.4. The predicted molar refractivity (Wildman–Crippen MR) is 53.8 cm³/mol. The summed E-state index contributed by atoms with van der Waals surface area (Å²) in [6.45, 7) is 2.60. The first-order valence-corrected chi connectivity index (χ1v) is 6.30. The normalized spacial score (nSPS) is 13.5. The molecule has 1 aromatic heterocycles. The van der Waals surface area contributed by atoms with Crippen molar-refractivity contribution in [1.29, 1.82) is 0 Å². The quantitative estimate of drug-likeness (QED) is 0.788. The van der Waals surface area contributed by atoms with E-state index in [0.29, 0.717) is 4.88 Å². The number of aliphatic hydroxyl groups excluding tert-OH is 1. The number of aromatic nitrogens is 1. The average Bonchev–Trinajstić information content (AvgIpc) is 2.48. The second-order valence-electron chi connectivity index (χ2n) is 2.87. The Morgan fingerprint density at radius 1 is 1.67 bits per heavy atom. The van der Waals surface area contributed by atoms with Gasteiger partial charge in [-0.1, -0.05) is 0 Å². The summed E-state index contributed by atoms with van der Waals surface area (Å²) in [5.74, 6) is -0.677. The van der Waals surface area contributed by atoms with Crippen LogP contribution in [0.4, 0.5) is 0 Å². The van der Waals surface area contributed by atoms with Gasteiger partial charge in [0.05, 0.1) is 11.0 Å². The first-order valence-electron chi connectivity index (χ1n) is 4.00. The molecule has 8 heteroatoms. The van der Waals surface area contributed by atoms with Gasteiger partial charge in [0.2, 0.25) is 10.2 Å². The number of hydrogen-bond donors (Lipinski definition) is 2. The van der Waals surface area contributed by atoms with Gasteiger partial charge in [-0.15, -0.1) is 11.3 Å². The standard InChI is InChI=1S/C7H10N2O4S2/c1-4(10)6-3-8-7(14-6)15(12,13)9-5(2)11/h3-4,10H,1-2H3,(H,9,11). The summed E-state index contributed by atoms with van der Waals surface area (Å²) in [5, 5.41) is 9.17. The number of nitrogens with zero attached hydrogens (tertiary/aromatic N) is 1. The van der Waals surface area contributed by atoms with Crippen molar-refractivity contribution >= 4 is 27.3 Å². The third-order valence-corrected chi connectivity index (χ3v) is 4.41. The Morgan fingerprint density at radius 2 is 2.27 bits per heavy atom. The fourth-order valence-corrected chi connectivity index (χ4v) is 2.91. The maximum absolute atomic E-state index is 11.4. The van der Waals surface area contributed by atoms with Crippen LogP contribution in [0.1, 0.15) is 24.8 Å². The van der Waals surface area contributed by atoms with Crippen LogP contribution in [0, 0.1) is 0 Å². The van der Waals surface area contributed by atoms with E-state index >= 15 is 0 Å². The number of sulfonamides is 1. The van der Waals surface area contributed by atoms with Crippen molar-refractivity contribution in [2.75, 3.05) is 0 Å². The zero-order valence-corrected chi connectivity index (χ0v) is 9.72. The van der Waals surface area contributed by atoms with Crippen LogP contribution in [0.2, 0.25) is 0 Å². The lowest BCUT2D eigenvalue weighted by Gasteiger charge is -1.99. The van der Waals surface area contributed by atoms with Gasteiger partial charge in [0.15, 0.2) is 0 Å². The van der Waals surface area contributed by atoms with Gasteiger partial charge in [-0.3, -0.25) is 4.79 Å². The van der Waals surface area contributed by atoms with E-state index in [9.17, 15) is 18.3 Å². The second kappa shape index (κ2) is 4.25. The number of aliphatic hydroxyl groups is 1. The lowest BCUT2D eigenvalue weighted by molar-refractivity contribution is -0.117. The minimum atomic E-state index is -3.88. The number of amides is 1. The van der Waals surface area contributed by atoms with Crippen LogP contribution in [-0.4, -0.2) is 24.4 Å². The van der Waals surface area contributed by atoms with E-state index < -0.39 is 22.0 Å². The Hall–Kier alpha value is -0.990. The van der Waals surface area contributed by atoms with Gasteiger partial charge in [0.25, 0.3) is 10.0 Å². The number of nitrogens with one attached hydrogen (secondary N) is 1. The molecule has 15 heavy (non-hydrogen) atoms. The third-order valence-electron chi connectivity index (χ3n) is 1.42. The summed E-state index contributed by atoms with van der Waals surface area (Å²) in [4.78, 5) is 14.7. The highest BCUT2D eigenvalue weighted by Crippen LogP contribution is 2.23. The lowest BCUT2D eigenvalue weighted by atomic mass is 10.4. The molecule has 0 radical (unpaired) electrons. The van der Waals surface area contributed by atoms with Gasteiger partial charge >= 0.3 is 0 Å². The van der Waals surface area contributed by atoms with Crippen LogP contribution in [0.15, 0.2) is 10.5 Å². The van der Waals surface area contributed by atoms with Gasteiger partial charge in [-0.05, 0) is 6.92 Å². The Labute approximate surface area is 91.0 Å². The fourth-order valence-electron chi connectivity index (χ4n) is 0.820. The van der Waals surface area contributed by atoms with Crippen molar-refractivity contribution in [3.05, 3.63) is 11.1 Å². The Morgan fingerprint density at radius 3 is 2.67 bits per heavy atom. The first-order chi connectivity index (χ1) is 6.83. The highest BCUT2D eigenvalue weighted by atomic mass is 32.2. The molecule has 1 aromatic rings. The molecule has 0 aliphatic rings. The van der Waals surface area contributed by atoms with Crippen molar-refractivity contribution in [2.24, 2.45) is 0 Å². The van der Waals surface area contributed by atoms with Crippen LogP contribution in [0.25, 0.3) is 0 Å². The minimum Gasteiger partial charge on any atom is -0.388 e. The lowest BCUT2D eigenvalue weighted by Crippen LogP contribution is -2.27. The van der Waals surface area contributed by atoms with E-state index in [1.54, 1.807) is 4.72 Å². The molecule has 1 heterocycles. The molecule has 1 atom stereocenters. The summed E-state index contributed by atoms with van der Waals surface area (Å²) >= 11 is 0.826. The molecule has 0 saturated carbocycles. The monoisotopic (exact) mass is 250 g/mol. The molecule has 1 unspecified atom stereocenters. The second-order valence-corrected chi connectivity index (χ2v) is 5.78. The largest absolute Gasteiger partial charge is 0.388 e. The zero-order chi connectivity index (χ0) is 11.6. The van der Waals surface area contributed by atoms with E-state index in [2.05, 4.69) is 4.98 Å². The van der Waals surface area contributed by atoms with Crippen LogP contribution < -0.4 is 4.72 Å². The van der Waals surface area contributed by atoms with E-state index in [-0.39, 0.29) is 4.34 Å². The van der Waals surface area contributed by atoms with E-state index in [4.69, 9.17) is 0 Å². The fraction of sp³-hybridized carbons (Fsp3) is 0.429. The summed E-state index contributed by atoms with van der Waals surface area (Å²) in [6.07, 6.45) is 0.494. The van der Waals surface area contributed by atoms with E-state index in [1.807, 2.05) is 0 Å². The van der Waals surface area contributed by atoms with Crippen LogP contribution >= 0.6 is 11.3 Å². The van der Waals surface area contributed by atoms with Crippen molar-refractivity contribution in [3.8, 4) is 0 Å². The number of rotatable bonds is 3. The van der Waals surface area contributed by atoms with Crippen LogP contribution in [0.5, 0.6) is 0 Å². The number of carbonyl (C=O) groups excluding carboxylic acids is 1. The van der Waals surface area contributed by atoms with Gasteiger partial charge in [-0.25, -0.2) is 9.71 Å². The average molecular weight is 250 g/mol. The SMILES string of the molecule is CC(=O)NS(=O)(=O)c1ncc(C(C)O)s1. The molecule has 0 bridgehead atoms. The van der Waals surface area contributed by atoms with Gasteiger partial charge in [0, 0.05) is 13.1 Å². The molecule has 0 saturated heterocycles. The van der Waals surface area contributed by atoms with Crippen molar-refractivity contribution in [3.63, 3.8) is 0 Å². The molecule has 0 aliphatic heterocycles. The molecule has 84 valence electrons. The third kappa shape index (κ3) is 2.98. The number of hydrogen-bond acceptors (Lipinski definition) is 6. The maximum Gasteiger partial charge on any atom is 0.291 e. The molecule has 1 amide bonds. The first kappa shape index (κ1) is 12.1. The van der Waals surface area contributed by atoms with Gasteiger partial charge < -0.3 is 5.11 Å². The number of thiazole rings is 1. The predicted octanol–water partition coefficient (Wildman–Crippen LogP) is 0.0212. The highest BCUT2D eigenvalue weighted by molar-refractivity contribution is 7.92. The van der Waals surface area contributed by atoms with Crippen molar-refractivity contribution < 1.29 is 18.3 Å². The molecular weight excluding hydrogens is 240 g/mol. The van der Waals surface area contributed by atoms with Crippen molar-refractivity contribution in [1.82, 2.24) is 9.71 Å². The van der Waals surface area contributed by atoms with Gasteiger partial charge in [-0.2, -0.15) is 8.42 Å². The highest BCUT2D eigenvalue weighted by Gasteiger charge is 2.20. The molecule has 6 nitrogen and oxygen atoms in total. The minimum absolute atomic E-state index is 0.228. The van der Waals surface area contributed by atoms with E-state index in [1.165, 1.54) is 13.1 Å². The molecule has 0 spiro atoms. The topological polar surface area (TPSA) is 96.4 Å². The summed E-state index contributed by atoms with van der Waals surface area (Å²) in [7, 11) is -3.88. The van der Waals surface area contributed by atoms with E-state index in [0.717, 1.165) is 18.3 Å². The summed E-state index contributed by atoms with van der Waals surface area (Å²) in [5.41, 5.74) is 0. The van der Waals surface area contributed by atoms with Gasteiger partial charge in [0.1, 0.15) is 0 Å². The molecule has 0 aliphatic carbocycles. The molecule has 1 rings (SSSR count). The van der Waals surface area contributed by atoms with Crippen LogP contribution in [0.3, 0.4) is 0 Å². The zero-order valence-electron chi connectivity index (χ0n) is 8.09. The molecule has 0 fully saturated rings. The summed E-state index contributed by atoms with van der Waals surface area (Å²) in [6, 6.07) is 0. The van der Waals surface area contributed by atoms with Crippen molar-refractivity contribution in [2.45, 2.75) is 24.3 Å². The number of carbonyl (C=O) groups is 1.